The number of hydrogen-bond acceptors (Lipinski definition) is 4. The summed E-state index contributed by atoms with van der Waals surface area (Å²) in [4.78, 5) is 39.3. The topological polar surface area (TPSA) is 95.9 Å². The molecule has 1 unspecified atom stereocenters. The molecule has 1 aliphatic carbocycles. The number of nitrogens with zero attached hydrogens (tertiary/aromatic N) is 1. The Labute approximate surface area is 200 Å². The van der Waals surface area contributed by atoms with E-state index in [4.69, 9.17) is 4.74 Å². The monoisotopic (exact) mass is 464 g/mol. The standard InChI is InChI=1S/C27H32N2O5/c1-4-27(25(31)32)13-14-29(16-27)24(30)23(17(2)3)28-26(33)34-15-22-20-11-7-5-9-18(20)19-10-6-8-12-21(19)22/h5-12,17,22-23H,4,13-16H2,1-3H3,(H,28,33)(H,31,32)/t23-,27?/m1/s1. The number of nitrogens with one attached hydrogen (secondary N) is 1. The minimum atomic E-state index is -0.916. The number of carboxylic acids is 1. The first-order valence-corrected chi connectivity index (χ1v) is 11.9. The molecule has 0 radical (unpaired) electrons. The van der Waals surface area contributed by atoms with E-state index < -0.39 is 23.5 Å². The van der Waals surface area contributed by atoms with Gasteiger partial charge in [-0.1, -0.05) is 69.3 Å². The van der Waals surface area contributed by atoms with E-state index in [2.05, 4.69) is 29.6 Å². The number of benzene rings is 2. The maximum absolute atomic E-state index is 13.2. The van der Waals surface area contributed by atoms with Gasteiger partial charge in [-0.05, 0) is 41.0 Å². The van der Waals surface area contributed by atoms with Crippen LogP contribution in [0, 0.1) is 11.3 Å². The van der Waals surface area contributed by atoms with Gasteiger partial charge in [-0.15, -0.1) is 0 Å². The van der Waals surface area contributed by atoms with Gasteiger partial charge in [0.05, 0.1) is 5.41 Å². The first kappa shape index (κ1) is 23.8. The summed E-state index contributed by atoms with van der Waals surface area (Å²) in [5, 5.41) is 12.4. The summed E-state index contributed by atoms with van der Waals surface area (Å²) in [7, 11) is 0. The van der Waals surface area contributed by atoms with Gasteiger partial charge in [0, 0.05) is 19.0 Å². The number of aliphatic carboxylic acids is 1. The van der Waals surface area contributed by atoms with Crippen LogP contribution in [0.3, 0.4) is 0 Å². The number of alkyl carbamates (subject to hydrolysis) is 1. The van der Waals surface area contributed by atoms with Gasteiger partial charge in [0.25, 0.3) is 0 Å². The summed E-state index contributed by atoms with van der Waals surface area (Å²) in [6, 6.07) is 15.4. The van der Waals surface area contributed by atoms with Crippen molar-refractivity contribution in [3.8, 4) is 11.1 Å². The minimum Gasteiger partial charge on any atom is -0.481 e. The van der Waals surface area contributed by atoms with Crippen molar-refractivity contribution in [1.82, 2.24) is 10.2 Å². The van der Waals surface area contributed by atoms with E-state index in [0.717, 1.165) is 22.3 Å². The fourth-order valence-corrected chi connectivity index (χ4v) is 5.15. The van der Waals surface area contributed by atoms with Crippen LogP contribution in [0.1, 0.15) is 50.7 Å². The average Bonchev–Trinajstić information content (AvgIpc) is 3.41. The Morgan fingerprint density at radius 3 is 2.18 bits per heavy atom. The molecule has 2 amide bonds. The summed E-state index contributed by atoms with van der Waals surface area (Å²) < 4.78 is 5.62. The van der Waals surface area contributed by atoms with Crippen LogP contribution < -0.4 is 5.32 Å². The van der Waals surface area contributed by atoms with Crippen LogP contribution in [-0.2, 0) is 14.3 Å². The Kier molecular flexibility index (Phi) is 6.64. The van der Waals surface area contributed by atoms with Gasteiger partial charge in [0.2, 0.25) is 5.91 Å². The van der Waals surface area contributed by atoms with Crippen LogP contribution in [0.4, 0.5) is 4.79 Å². The van der Waals surface area contributed by atoms with Crippen molar-refractivity contribution in [3.63, 3.8) is 0 Å². The lowest BCUT2D eigenvalue weighted by atomic mass is 9.84. The molecule has 2 N–H and O–H groups in total. The molecule has 1 saturated heterocycles. The maximum Gasteiger partial charge on any atom is 0.407 e. The number of amides is 2. The average molecular weight is 465 g/mol. The highest BCUT2D eigenvalue weighted by molar-refractivity contribution is 5.87. The second-order valence-corrected chi connectivity index (χ2v) is 9.64. The lowest BCUT2D eigenvalue weighted by Crippen LogP contribution is -2.51. The summed E-state index contributed by atoms with van der Waals surface area (Å²) >= 11 is 0. The van der Waals surface area contributed by atoms with Gasteiger partial charge in [-0.3, -0.25) is 9.59 Å². The van der Waals surface area contributed by atoms with Crippen molar-refractivity contribution >= 4 is 18.0 Å². The molecule has 1 fully saturated rings. The Morgan fingerprint density at radius 1 is 1.09 bits per heavy atom. The molecule has 4 rings (SSSR count). The van der Waals surface area contributed by atoms with E-state index in [1.165, 1.54) is 0 Å². The van der Waals surface area contributed by atoms with Crippen LogP contribution in [0.5, 0.6) is 0 Å². The number of carbonyl (C=O) groups excluding carboxylic acids is 2. The summed E-state index contributed by atoms with van der Waals surface area (Å²) in [6.07, 6.45) is 0.228. The number of rotatable bonds is 7. The molecule has 2 aliphatic rings. The van der Waals surface area contributed by atoms with Gasteiger partial charge < -0.3 is 20.1 Å². The Morgan fingerprint density at radius 2 is 1.68 bits per heavy atom. The van der Waals surface area contributed by atoms with E-state index >= 15 is 0 Å². The first-order chi connectivity index (χ1) is 16.3. The molecule has 2 aromatic rings. The minimum absolute atomic E-state index is 0.0642. The SMILES string of the molecule is CCC1(C(=O)O)CCN(C(=O)[C@H](NC(=O)OCC2c3ccccc3-c3ccccc32)C(C)C)C1. The number of carbonyl (C=O) groups is 3. The van der Waals surface area contributed by atoms with Crippen LogP contribution in [0.25, 0.3) is 11.1 Å². The summed E-state index contributed by atoms with van der Waals surface area (Å²) in [5.41, 5.74) is 3.62. The van der Waals surface area contributed by atoms with Gasteiger partial charge in [0.15, 0.2) is 0 Å². The Bertz CT molecular complexity index is 1050. The van der Waals surface area contributed by atoms with Crippen molar-refractivity contribution < 1.29 is 24.2 Å². The van der Waals surface area contributed by atoms with Crippen LogP contribution in [0.2, 0.25) is 0 Å². The third kappa shape index (κ3) is 4.27. The molecular formula is C27H32N2O5. The lowest BCUT2D eigenvalue weighted by Gasteiger charge is -2.28. The van der Waals surface area contributed by atoms with E-state index in [9.17, 15) is 19.5 Å². The summed E-state index contributed by atoms with van der Waals surface area (Å²) in [5.74, 6) is -1.38. The third-order valence-corrected chi connectivity index (χ3v) is 7.35. The maximum atomic E-state index is 13.2. The molecule has 0 spiro atoms. The van der Waals surface area contributed by atoms with E-state index in [1.54, 1.807) is 4.90 Å². The number of carboxylic acid groups (broad SMARTS) is 1. The van der Waals surface area contributed by atoms with E-state index in [0.29, 0.717) is 19.4 Å². The van der Waals surface area contributed by atoms with Crippen molar-refractivity contribution in [1.29, 1.82) is 0 Å². The summed E-state index contributed by atoms with van der Waals surface area (Å²) in [6.45, 7) is 6.23. The predicted molar refractivity (Wildman–Crippen MR) is 128 cm³/mol. The van der Waals surface area contributed by atoms with E-state index in [-0.39, 0.29) is 30.9 Å². The molecule has 0 saturated carbocycles. The molecule has 7 heteroatoms. The number of ether oxygens (including phenoxy) is 1. The molecule has 34 heavy (non-hydrogen) atoms. The smallest absolute Gasteiger partial charge is 0.407 e. The second-order valence-electron chi connectivity index (χ2n) is 9.64. The first-order valence-electron chi connectivity index (χ1n) is 11.9. The highest BCUT2D eigenvalue weighted by atomic mass is 16.5. The molecule has 7 nitrogen and oxygen atoms in total. The largest absolute Gasteiger partial charge is 0.481 e. The number of fused-ring (bicyclic) bond motifs is 3. The second kappa shape index (κ2) is 9.49. The molecule has 1 aliphatic heterocycles. The van der Waals surface area contributed by atoms with Crippen LogP contribution in [0.15, 0.2) is 48.5 Å². The third-order valence-electron chi connectivity index (χ3n) is 7.35. The van der Waals surface area contributed by atoms with Crippen LogP contribution >= 0.6 is 0 Å². The molecule has 1 heterocycles. The predicted octanol–water partition coefficient (Wildman–Crippen LogP) is 4.26. The normalized spacial score (nSPS) is 20.1. The number of likely N-dealkylation sites (tertiary alicyclic amines) is 1. The molecule has 2 aromatic carbocycles. The van der Waals surface area contributed by atoms with Crippen molar-refractivity contribution in [2.75, 3.05) is 19.7 Å². The fourth-order valence-electron chi connectivity index (χ4n) is 5.15. The zero-order valence-corrected chi connectivity index (χ0v) is 19.9. The van der Waals surface area contributed by atoms with Crippen molar-refractivity contribution in [3.05, 3.63) is 59.7 Å². The fraction of sp³-hybridized carbons (Fsp3) is 0.444. The zero-order chi connectivity index (χ0) is 24.5. The van der Waals surface area contributed by atoms with Gasteiger partial charge in [-0.2, -0.15) is 0 Å². The van der Waals surface area contributed by atoms with Crippen LogP contribution in [-0.4, -0.2) is 53.7 Å². The quantitative estimate of drug-likeness (QED) is 0.638. The molecule has 0 bridgehead atoms. The van der Waals surface area contributed by atoms with Gasteiger partial charge in [-0.25, -0.2) is 4.79 Å². The van der Waals surface area contributed by atoms with Gasteiger partial charge >= 0.3 is 12.1 Å². The van der Waals surface area contributed by atoms with E-state index in [1.807, 2.05) is 45.0 Å². The lowest BCUT2D eigenvalue weighted by molar-refractivity contribution is -0.148. The molecule has 2 atom stereocenters. The number of hydrogen-bond donors (Lipinski definition) is 2. The molecular weight excluding hydrogens is 432 g/mol. The van der Waals surface area contributed by atoms with Gasteiger partial charge in [0.1, 0.15) is 12.6 Å². The highest BCUT2D eigenvalue weighted by Crippen LogP contribution is 2.44. The Balaban J connectivity index is 1.42. The highest BCUT2D eigenvalue weighted by Gasteiger charge is 2.46. The Hall–Kier alpha value is -3.35. The van der Waals surface area contributed by atoms with Crippen molar-refractivity contribution in [2.24, 2.45) is 11.3 Å². The zero-order valence-electron chi connectivity index (χ0n) is 19.9. The van der Waals surface area contributed by atoms with Crippen molar-refractivity contribution in [2.45, 2.75) is 45.6 Å². The molecule has 180 valence electrons. The molecule has 0 aromatic heterocycles.